The van der Waals surface area contributed by atoms with Gasteiger partial charge in [-0.3, -0.25) is 9.69 Å². The standard InChI is InChI=1S/C27H29FN4O3/c1-5-11-29-12-13-31-16(2)32-25(17-7-6-8-18(33)14-17)24-19(15-27(32,3)26(31)34)22-20(30-24)9-10-21(35-4)23(22)28/h5-10,14,25,29-30,33H,1-2,11-13,15H2,3-4H3/t25-,27+/m1/s1. The van der Waals surface area contributed by atoms with E-state index in [1.165, 1.54) is 7.11 Å². The average Bonchev–Trinajstić information content (AvgIpc) is 3.29. The Hall–Kier alpha value is -3.78. The van der Waals surface area contributed by atoms with Crippen LogP contribution in [-0.4, -0.2) is 58.1 Å². The second-order valence-corrected chi connectivity index (χ2v) is 9.21. The summed E-state index contributed by atoms with van der Waals surface area (Å²) in [7, 11) is 1.44. The summed E-state index contributed by atoms with van der Waals surface area (Å²) >= 11 is 0. The first-order chi connectivity index (χ1) is 16.8. The molecular weight excluding hydrogens is 447 g/mol. The van der Waals surface area contributed by atoms with Crippen molar-refractivity contribution >= 4 is 16.8 Å². The third-order valence-corrected chi connectivity index (χ3v) is 7.09. The first-order valence-electron chi connectivity index (χ1n) is 11.6. The summed E-state index contributed by atoms with van der Waals surface area (Å²) in [5, 5.41) is 13.9. The van der Waals surface area contributed by atoms with Crippen LogP contribution in [0.3, 0.4) is 0 Å². The van der Waals surface area contributed by atoms with Crippen LogP contribution in [0.4, 0.5) is 4.39 Å². The number of aromatic nitrogens is 1. The number of amides is 1. The monoisotopic (exact) mass is 476 g/mol. The molecule has 1 fully saturated rings. The van der Waals surface area contributed by atoms with Crippen LogP contribution in [0.25, 0.3) is 10.9 Å². The van der Waals surface area contributed by atoms with Crippen LogP contribution in [0.5, 0.6) is 11.5 Å². The molecule has 0 bridgehead atoms. The molecule has 8 heteroatoms. The van der Waals surface area contributed by atoms with Crippen LogP contribution >= 0.6 is 0 Å². The largest absolute Gasteiger partial charge is 0.508 e. The number of aromatic hydroxyl groups is 1. The molecule has 182 valence electrons. The molecule has 3 aromatic rings. The number of fused-ring (bicyclic) bond motifs is 4. The van der Waals surface area contributed by atoms with Gasteiger partial charge < -0.3 is 25.0 Å². The van der Waals surface area contributed by atoms with E-state index in [9.17, 15) is 9.90 Å². The fourth-order valence-corrected chi connectivity index (χ4v) is 5.52. The number of hydrogen-bond donors (Lipinski definition) is 3. The fourth-order valence-electron chi connectivity index (χ4n) is 5.52. The lowest BCUT2D eigenvalue weighted by Gasteiger charge is -2.44. The summed E-state index contributed by atoms with van der Waals surface area (Å²) in [5.74, 6) is 0.300. The van der Waals surface area contributed by atoms with Gasteiger partial charge in [0, 0.05) is 42.7 Å². The number of carbonyl (C=O) groups excluding carboxylic acids is 1. The highest BCUT2D eigenvalue weighted by molar-refractivity contribution is 5.94. The zero-order valence-corrected chi connectivity index (χ0v) is 19.9. The van der Waals surface area contributed by atoms with E-state index < -0.39 is 17.4 Å². The maximum Gasteiger partial charge on any atom is 0.254 e. The van der Waals surface area contributed by atoms with E-state index >= 15 is 4.39 Å². The molecule has 3 heterocycles. The van der Waals surface area contributed by atoms with E-state index in [0.717, 1.165) is 16.8 Å². The molecule has 0 unspecified atom stereocenters. The summed E-state index contributed by atoms with van der Waals surface area (Å²) in [5.41, 5.74) is 1.93. The van der Waals surface area contributed by atoms with Crippen LogP contribution in [0, 0.1) is 5.82 Å². The molecule has 1 aromatic heterocycles. The Morgan fingerprint density at radius 2 is 2.17 bits per heavy atom. The van der Waals surface area contributed by atoms with E-state index in [2.05, 4.69) is 23.5 Å². The number of ether oxygens (including phenoxy) is 1. The van der Waals surface area contributed by atoms with Gasteiger partial charge in [0.2, 0.25) is 0 Å². The van der Waals surface area contributed by atoms with E-state index in [1.807, 2.05) is 17.9 Å². The number of carbonyl (C=O) groups is 1. The Labute approximate surface area is 203 Å². The van der Waals surface area contributed by atoms with Crippen molar-refractivity contribution in [2.75, 3.05) is 26.7 Å². The topological polar surface area (TPSA) is 80.8 Å². The Balaban J connectivity index is 1.69. The predicted molar refractivity (Wildman–Crippen MR) is 133 cm³/mol. The van der Waals surface area contributed by atoms with Crippen molar-refractivity contribution in [2.24, 2.45) is 0 Å². The number of H-pyrrole nitrogens is 1. The number of hydrogen-bond acceptors (Lipinski definition) is 5. The fraction of sp³-hybridized carbons (Fsp3) is 0.296. The van der Waals surface area contributed by atoms with Gasteiger partial charge in [-0.25, -0.2) is 4.39 Å². The summed E-state index contributed by atoms with van der Waals surface area (Å²) in [6.07, 6.45) is 2.07. The highest BCUT2D eigenvalue weighted by atomic mass is 19.1. The van der Waals surface area contributed by atoms with Gasteiger partial charge in [-0.05, 0) is 42.3 Å². The van der Waals surface area contributed by atoms with E-state index in [0.29, 0.717) is 42.8 Å². The molecule has 1 amide bonds. The molecule has 3 N–H and O–H groups in total. The predicted octanol–water partition coefficient (Wildman–Crippen LogP) is 3.82. The van der Waals surface area contributed by atoms with E-state index in [-0.39, 0.29) is 17.4 Å². The number of methoxy groups -OCH3 is 1. The van der Waals surface area contributed by atoms with Crippen molar-refractivity contribution in [1.82, 2.24) is 20.1 Å². The molecule has 0 spiro atoms. The molecule has 1 saturated heterocycles. The van der Waals surface area contributed by atoms with Crippen LogP contribution < -0.4 is 10.1 Å². The van der Waals surface area contributed by atoms with Gasteiger partial charge in [0.1, 0.15) is 17.1 Å². The average molecular weight is 477 g/mol. The number of benzene rings is 2. The molecular formula is C27H29FN4O3. The van der Waals surface area contributed by atoms with Crippen molar-refractivity contribution < 1.29 is 19.0 Å². The SMILES string of the molecule is C=CCNCCN1C(=C)N2[C@H](c3cccc(O)c3)c3[nH]c4ccc(OC)c(F)c4c3C[C@@]2(C)C1=O. The smallest absolute Gasteiger partial charge is 0.254 e. The Morgan fingerprint density at radius 3 is 2.89 bits per heavy atom. The lowest BCUT2D eigenvalue weighted by atomic mass is 9.81. The number of phenols is 1. The Kier molecular flexibility index (Phi) is 5.56. The minimum atomic E-state index is -0.983. The highest BCUT2D eigenvalue weighted by Crippen LogP contribution is 2.51. The lowest BCUT2D eigenvalue weighted by molar-refractivity contribution is -0.133. The zero-order valence-electron chi connectivity index (χ0n) is 19.9. The van der Waals surface area contributed by atoms with Gasteiger partial charge in [-0.2, -0.15) is 0 Å². The molecule has 0 radical (unpaired) electrons. The minimum Gasteiger partial charge on any atom is -0.508 e. The molecule has 5 rings (SSSR count). The molecule has 2 aliphatic rings. The van der Waals surface area contributed by atoms with Gasteiger partial charge in [0.05, 0.1) is 13.2 Å². The minimum absolute atomic E-state index is 0.0867. The second kappa shape index (κ2) is 8.46. The maximum absolute atomic E-state index is 15.5. The molecule has 2 atom stereocenters. The van der Waals surface area contributed by atoms with Crippen molar-refractivity contribution in [3.63, 3.8) is 0 Å². The summed E-state index contributed by atoms with van der Waals surface area (Å²) in [6.45, 7) is 11.6. The van der Waals surface area contributed by atoms with E-state index in [1.54, 1.807) is 41.3 Å². The molecule has 2 aromatic carbocycles. The van der Waals surface area contributed by atoms with Crippen molar-refractivity contribution in [1.29, 1.82) is 0 Å². The maximum atomic E-state index is 15.5. The molecule has 7 nitrogen and oxygen atoms in total. The van der Waals surface area contributed by atoms with Crippen molar-refractivity contribution in [2.45, 2.75) is 24.9 Å². The van der Waals surface area contributed by atoms with Crippen LogP contribution in [-0.2, 0) is 11.2 Å². The number of rotatable bonds is 7. The summed E-state index contributed by atoms with van der Waals surface area (Å²) < 4.78 is 20.8. The first kappa shape index (κ1) is 23.0. The normalized spacial score (nSPS) is 21.4. The third kappa shape index (κ3) is 3.39. The van der Waals surface area contributed by atoms with Gasteiger partial charge >= 0.3 is 0 Å². The first-order valence-corrected chi connectivity index (χ1v) is 11.6. The number of halogens is 1. The lowest BCUT2D eigenvalue weighted by Crippen LogP contribution is -2.52. The van der Waals surface area contributed by atoms with Gasteiger partial charge in [0.25, 0.3) is 5.91 Å². The zero-order chi connectivity index (χ0) is 24.9. The second-order valence-electron chi connectivity index (χ2n) is 9.21. The summed E-state index contributed by atoms with van der Waals surface area (Å²) in [6, 6.07) is 9.84. The number of aromatic amines is 1. The Morgan fingerprint density at radius 1 is 1.37 bits per heavy atom. The highest BCUT2D eigenvalue weighted by Gasteiger charge is 2.57. The van der Waals surface area contributed by atoms with Crippen LogP contribution in [0.15, 0.2) is 61.5 Å². The number of phenolic OH excluding ortho intramolecular Hbond substituents is 1. The Bertz CT molecular complexity index is 1350. The quantitative estimate of drug-likeness (QED) is 0.357. The van der Waals surface area contributed by atoms with Crippen LogP contribution in [0.2, 0.25) is 0 Å². The molecule has 0 saturated carbocycles. The van der Waals surface area contributed by atoms with Gasteiger partial charge in [-0.15, -0.1) is 6.58 Å². The van der Waals surface area contributed by atoms with Gasteiger partial charge in [-0.1, -0.05) is 24.8 Å². The van der Waals surface area contributed by atoms with Crippen LogP contribution in [0.1, 0.15) is 29.8 Å². The number of nitrogens with zero attached hydrogens (tertiary/aromatic N) is 2. The third-order valence-electron chi connectivity index (χ3n) is 7.09. The van der Waals surface area contributed by atoms with Crippen molar-refractivity contribution in [3.05, 3.63) is 84.1 Å². The summed E-state index contributed by atoms with van der Waals surface area (Å²) in [4.78, 5) is 21.0. The van der Waals surface area contributed by atoms with Gasteiger partial charge in [0.15, 0.2) is 11.6 Å². The molecule has 2 aliphatic heterocycles. The molecule has 0 aliphatic carbocycles. The van der Waals surface area contributed by atoms with E-state index in [4.69, 9.17) is 4.74 Å². The number of nitrogens with one attached hydrogen (secondary N) is 2. The molecule has 35 heavy (non-hydrogen) atoms. The van der Waals surface area contributed by atoms with Crippen molar-refractivity contribution in [3.8, 4) is 11.5 Å².